The van der Waals surface area contributed by atoms with Gasteiger partial charge in [-0.15, -0.1) is 0 Å². The molecular weight excluding hydrogens is 1000 g/mol. The predicted molar refractivity (Wildman–Crippen MR) is 280 cm³/mol. The molecule has 25 heteroatoms. The molecule has 0 saturated carbocycles. The van der Waals surface area contributed by atoms with E-state index in [2.05, 4.69) is 52.7 Å². The number of aromatic hydroxyl groups is 1. The zero-order valence-electron chi connectivity index (χ0n) is 45.0. The second-order valence-corrected chi connectivity index (χ2v) is 21.3. The standard InChI is InChI=1S/C52H88N10O15/c1-5-28(2)24-29(3)12-10-8-6-7-9-11-13-39(69)56-34-26-38(68)46(55-22-21-54)60-50(75)43-37(67)19-23-61(43)52(77)41(36(66)18-20-53)58-49(74)42(45(71)44(70)31-14-16-32(64)17-15-31)59-48(73)35-25-33(65)27-62(35)51(76)40(30(4)63)57-47(34)72/h14-17,28-30,33-38,40-46,55,63-68,70-71H,5-13,18-27,53-54H2,1-4H3,(H,56,69)(H,57,72)(H,58,74)(H,59,73)(H,60,75)/t28-,29+,30+,33+,34-,35-,36+,37-,38+,40-,41-,42-,43-,44+,45-,46-/m0/s1. The van der Waals surface area contributed by atoms with E-state index in [0.717, 1.165) is 55.2 Å². The van der Waals surface area contributed by atoms with Crippen molar-refractivity contribution in [2.75, 3.05) is 32.7 Å². The Bertz CT molecular complexity index is 2070. The van der Waals surface area contributed by atoms with Crippen LogP contribution in [-0.2, 0) is 33.6 Å². The molecule has 0 aromatic heterocycles. The summed E-state index contributed by atoms with van der Waals surface area (Å²) in [5.41, 5.74) is 11.5. The van der Waals surface area contributed by atoms with Crippen LogP contribution in [0.3, 0.4) is 0 Å². The second kappa shape index (κ2) is 31.5. The molecule has 25 nitrogen and oxygen atoms in total. The van der Waals surface area contributed by atoms with Crippen LogP contribution in [0.5, 0.6) is 5.75 Å². The number of fused-ring (bicyclic) bond motifs is 2. The predicted octanol–water partition coefficient (Wildman–Crippen LogP) is -3.31. The van der Waals surface area contributed by atoms with E-state index in [1.54, 1.807) is 0 Å². The summed E-state index contributed by atoms with van der Waals surface area (Å²) in [7, 11) is 0. The summed E-state index contributed by atoms with van der Waals surface area (Å²) in [4.78, 5) is 102. The van der Waals surface area contributed by atoms with Crippen molar-refractivity contribution in [2.24, 2.45) is 23.3 Å². The van der Waals surface area contributed by atoms with E-state index in [4.69, 9.17) is 11.5 Å². The quantitative estimate of drug-likeness (QED) is 0.0477. The summed E-state index contributed by atoms with van der Waals surface area (Å²) in [5.74, 6) is -6.43. The zero-order valence-corrected chi connectivity index (χ0v) is 45.0. The van der Waals surface area contributed by atoms with Crippen molar-refractivity contribution in [1.29, 1.82) is 0 Å². The van der Waals surface area contributed by atoms with Crippen LogP contribution in [0.4, 0.5) is 0 Å². The third kappa shape index (κ3) is 18.8. The number of aliphatic hydroxyl groups is 7. The fourth-order valence-corrected chi connectivity index (χ4v) is 10.2. The Balaban J connectivity index is 1.73. The molecule has 3 fully saturated rings. The molecule has 1 aromatic rings. The highest BCUT2D eigenvalue weighted by atomic mass is 16.3. The van der Waals surface area contributed by atoms with Crippen LogP contribution in [0.15, 0.2) is 24.3 Å². The molecule has 3 aliphatic rings. The number of unbranched alkanes of at least 4 members (excludes halogenated alkanes) is 5. The molecule has 0 unspecified atom stereocenters. The number of carbonyl (C=O) groups is 7. The Morgan fingerprint density at radius 2 is 1.34 bits per heavy atom. The number of carbonyl (C=O) groups excluding carboxylic acids is 7. The number of phenols is 1. The van der Waals surface area contributed by atoms with Gasteiger partial charge in [-0.05, 0) is 68.7 Å². The van der Waals surface area contributed by atoms with E-state index in [9.17, 15) is 74.4 Å². The number of amides is 7. The normalized spacial score (nSPS) is 28.6. The molecule has 18 N–H and O–H groups in total. The van der Waals surface area contributed by atoms with Crippen LogP contribution in [0, 0.1) is 11.8 Å². The summed E-state index contributed by atoms with van der Waals surface area (Å²) in [6, 6.07) is -6.40. The van der Waals surface area contributed by atoms with Crippen molar-refractivity contribution in [2.45, 2.75) is 203 Å². The molecule has 16 atom stereocenters. The van der Waals surface area contributed by atoms with Crippen LogP contribution in [0.25, 0.3) is 0 Å². The Labute approximate surface area is 450 Å². The first-order valence-corrected chi connectivity index (χ1v) is 27.3. The summed E-state index contributed by atoms with van der Waals surface area (Å²) in [6.45, 7) is 6.73. The smallest absolute Gasteiger partial charge is 0.248 e. The van der Waals surface area contributed by atoms with Gasteiger partial charge in [0.05, 0.1) is 30.5 Å². The second-order valence-electron chi connectivity index (χ2n) is 21.3. The van der Waals surface area contributed by atoms with E-state index in [1.165, 1.54) is 30.7 Å². The number of nitrogens with two attached hydrogens (primary N) is 2. The number of aliphatic hydroxyl groups excluding tert-OH is 7. The summed E-state index contributed by atoms with van der Waals surface area (Å²) in [5, 5.41) is 104. The van der Waals surface area contributed by atoms with Gasteiger partial charge in [-0.2, -0.15) is 0 Å². The number of benzene rings is 1. The van der Waals surface area contributed by atoms with Gasteiger partial charge in [0.1, 0.15) is 60.4 Å². The maximum Gasteiger partial charge on any atom is 0.248 e. The van der Waals surface area contributed by atoms with E-state index < -0.39 is 146 Å². The fourth-order valence-electron chi connectivity index (χ4n) is 10.2. The third-order valence-corrected chi connectivity index (χ3v) is 14.9. The molecule has 0 radical (unpaired) electrons. The van der Waals surface area contributed by atoms with Gasteiger partial charge in [0, 0.05) is 45.4 Å². The van der Waals surface area contributed by atoms with Gasteiger partial charge in [0.15, 0.2) is 0 Å². The van der Waals surface area contributed by atoms with Gasteiger partial charge in [-0.3, -0.25) is 38.9 Å². The van der Waals surface area contributed by atoms with Gasteiger partial charge in [-0.1, -0.05) is 77.8 Å². The highest BCUT2D eigenvalue weighted by molar-refractivity contribution is 5.98. The first kappa shape index (κ1) is 64.4. The van der Waals surface area contributed by atoms with Crippen molar-refractivity contribution < 1.29 is 74.4 Å². The number of rotatable bonds is 23. The topological polar surface area (TPSA) is 412 Å². The van der Waals surface area contributed by atoms with Gasteiger partial charge < -0.3 is 88.7 Å². The molecule has 7 amide bonds. The molecule has 436 valence electrons. The highest BCUT2D eigenvalue weighted by Crippen LogP contribution is 2.27. The van der Waals surface area contributed by atoms with Gasteiger partial charge in [-0.25, -0.2) is 0 Å². The third-order valence-electron chi connectivity index (χ3n) is 14.9. The molecule has 3 aliphatic heterocycles. The van der Waals surface area contributed by atoms with E-state index in [0.29, 0.717) is 24.7 Å². The molecule has 0 spiro atoms. The largest absolute Gasteiger partial charge is 0.508 e. The maximum absolute atomic E-state index is 14.6. The average molecular weight is 1090 g/mol. The highest BCUT2D eigenvalue weighted by Gasteiger charge is 2.49. The lowest BCUT2D eigenvalue weighted by atomic mass is 9.91. The lowest BCUT2D eigenvalue weighted by Gasteiger charge is -2.35. The van der Waals surface area contributed by atoms with Crippen molar-refractivity contribution in [3.05, 3.63) is 29.8 Å². The van der Waals surface area contributed by atoms with Gasteiger partial charge >= 0.3 is 0 Å². The van der Waals surface area contributed by atoms with Crippen LogP contribution in [-0.4, -0.2) is 204 Å². The lowest BCUT2D eigenvalue weighted by molar-refractivity contribution is -0.148. The zero-order chi connectivity index (χ0) is 57.1. The molecule has 1 aromatic carbocycles. The Kier molecular flexibility index (Phi) is 26.4. The van der Waals surface area contributed by atoms with Gasteiger partial charge in [0.2, 0.25) is 41.4 Å². The monoisotopic (exact) mass is 1090 g/mol. The summed E-state index contributed by atoms with van der Waals surface area (Å²) >= 11 is 0. The van der Waals surface area contributed by atoms with Crippen molar-refractivity contribution in [3.63, 3.8) is 0 Å². The summed E-state index contributed by atoms with van der Waals surface area (Å²) in [6.07, 6.45) is -6.95. The van der Waals surface area contributed by atoms with E-state index in [-0.39, 0.29) is 56.8 Å². The van der Waals surface area contributed by atoms with Crippen LogP contribution >= 0.6 is 0 Å². The number of nitrogens with one attached hydrogen (secondary N) is 6. The average Bonchev–Trinajstić information content (AvgIpc) is 3.99. The summed E-state index contributed by atoms with van der Waals surface area (Å²) < 4.78 is 0. The van der Waals surface area contributed by atoms with Crippen molar-refractivity contribution in [1.82, 2.24) is 41.7 Å². The maximum atomic E-state index is 14.6. The van der Waals surface area contributed by atoms with Crippen molar-refractivity contribution in [3.8, 4) is 5.75 Å². The SMILES string of the molecule is CC[C@H](C)C[C@H](C)CCCCCCCCC(=O)N[C@H]1C[C@@H](O)[C@@H](NCCN)NC(=O)[C@@H]2[C@@H](O)CCN2C(=O)[C@H]([C@H](O)CCN)NC(=O)[C@H]([C@H](O)[C@H](O)c2ccc(O)cc2)NC(=O)[C@@H]2C[C@@H](O)CN2C(=O)[C@H]([C@@H](C)O)NC1=O. The van der Waals surface area contributed by atoms with Crippen molar-refractivity contribution >= 4 is 41.4 Å². The molecule has 4 rings (SSSR count). The minimum absolute atomic E-state index is 0.0257. The molecule has 77 heavy (non-hydrogen) atoms. The first-order valence-electron chi connectivity index (χ1n) is 27.3. The van der Waals surface area contributed by atoms with E-state index in [1.807, 2.05) is 0 Å². The minimum Gasteiger partial charge on any atom is -0.508 e. The van der Waals surface area contributed by atoms with Crippen LogP contribution < -0.4 is 43.4 Å². The lowest BCUT2D eigenvalue weighted by Crippen LogP contribution is -2.65. The number of phenolic OH excluding ortho intramolecular Hbond substituents is 1. The fraction of sp³-hybridized carbons (Fsp3) is 0.750. The van der Waals surface area contributed by atoms with Crippen LogP contribution in [0.1, 0.15) is 129 Å². The Morgan fingerprint density at radius 3 is 1.97 bits per heavy atom. The molecule has 3 heterocycles. The first-order chi connectivity index (χ1) is 36.5. The molecular formula is C52H88N10O15. The number of nitrogens with zero attached hydrogens (tertiary/aromatic N) is 2. The molecule has 0 bridgehead atoms. The molecule has 0 aliphatic carbocycles. The van der Waals surface area contributed by atoms with Crippen LogP contribution in [0.2, 0.25) is 0 Å². The molecule has 3 saturated heterocycles. The number of hydrogen-bond donors (Lipinski definition) is 16. The van der Waals surface area contributed by atoms with Gasteiger partial charge in [0.25, 0.3) is 0 Å². The Hall–Kier alpha value is -5.09. The number of hydrogen-bond acceptors (Lipinski definition) is 18. The minimum atomic E-state index is -2.28. The van der Waals surface area contributed by atoms with E-state index >= 15 is 0 Å². The Morgan fingerprint density at radius 1 is 0.714 bits per heavy atom.